The van der Waals surface area contributed by atoms with Gasteiger partial charge in [-0.05, 0) is 12.5 Å². The minimum absolute atomic E-state index is 0.0577. The Balaban J connectivity index is 3.04. The normalized spacial score (nSPS) is 15.3. The van der Waals surface area contributed by atoms with Gasteiger partial charge in [0.2, 0.25) is 23.6 Å². The fourth-order valence-corrected chi connectivity index (χ4v) is 2.75. The van der Waals surface area contributed by atoms with E-state index in [1.165, 1.54) is 6.92 Å². The van der Waals surface area contributed by atoms with Crippen molar-refractivity contribution in [1.29, 1.82) is 0 Å². The van der Waals surface area contributed by atoms with Gasteiger partial charge < -0.3 is 42.7 Å². The molecule has 182 valence electrons. The molecule has 0 heterocycles. The fraction of sp³-hybridized carbons (Fsp3) is 0.450. The lowest BCUT2D eigenvalue weighted by Crippen LogP contribution is -2.60. The second-order valence-electron chi connectivity index (χ2n) is 7.34. The Labute approximate surface area is 189 Å². The number of carbonyl (C=O) groups is 5. The standard InChI is InChI=1S/C20H29N5O8/c1-10(27)16(25-17(29)12(21)8-15(22)28)19(31)23-13(7-11-5-3-2-4-6-11)18(30)24-14(9-26)20(32)33/h2-6,10,12-14,16,26-27H,7-9,21H2,1H3,(H2,22,28)(H,23,31)(H,24,30)(H,25,29)(H,32,33). The molecule has 13 heteroatoms. The van der Waals surface area contributed by atoms with Crippen LogP contribution in [0.2, 0.25) is 0 Å². The van der Waals surface area contributed by atoms with Crippen molar-refractivity contribution in [3.63, 3.8) is 0 Å². The number of aliphatic carboxylic acids is 1. The highest BCUT2D eigenvalue weighted by molar-refractivity contribution is 5.95. The molecule has 0 spiro atoms. The van der Waals surface area contributed by atoms with Gasteiger partial charge in [-0.3, -0.25) is 19.2 Å². The zero-order valence-electron chi connectivity index (χ0n) is 17.9. The Morgan fingerprint density at radius 2 is 1.52 bits per heavy atom. The fourth-order valence-electron chi connectivity index (χ4n) is 2.75. The first kappa shape index (κ1) is 27.5. The third-order valence-electron chi connectivity index (χ3n) is 4.53. The zero-order chi connectivity index (χ0) is 25.1. The van der Waals surface area contributed by atoms with E-state index in [0.717, 1.165) is 0 Å². The number of aliphatic hydroxyl groups is 2. The van der Waals surface area contributed by atoms with E-state index in [2.05, 4.69) is 16.0 Å². The molecular formula is C20H29N5O8. The summed E-state index contributed by atoms with van der Waals surface area (Å²) in [4.78, 5) is 59.7. The van der Waals surface area contributed by atoms with Crippen LogP contribution in [0.5, 0.6) is 0 Å². The van der Waals surface area contributed by atoms with Crippen molar-refractivity contribution in [2.24, 2.45) is 11.5 Å². The molecule has 1 aromatic carbocycles. The molecule has 10 N–H and O–H groups in total. The number of carboxylic acid groups (broad SMARTS) is 1. The van der Waals surface area contributed by atoms with Gasteiger partial charge in [-0.2, -0.15) is 0 Å². The number of benzene rings is 1. The number of nitrogens with two attached hydrogens (primary N) is 2. The van der Waals surface area contributed by atoms with E-state index in [-0.39, 0.29) is 6.42 Å². The van der Waals surface area contributed by atoms with E-state index < -0.39 is 72.9 Å². The number of hydrogen-bond acceptors (Lipinski definition) is 8. The minimum Gasteiger partial charge on any atom is -0.480 e. The topological polar surface area (TPSA) is 234 Å². The molecule has 1 rings (SSSR count). The summed E-state index contributed by atoms with van der Waals surface area (Å²) >= 11 is 0. The molecule has 0 radical (unpaired) electrons. The maximum atomic E-state index is 12.8. The number of aliphatic hydroxyl groups excluding tert-OH is 2. The highest BCUT2D eigenvalue weighted by Crippen LogP contribution is 2.06. The van der Waals surface area contributed by atoms with Gasteiger partial charge in [-0.25, -0.2) is 4.79 Å². The predicted molar refractivity (Wildman–Crippen MR) is 114 cm³/mol. The molecular weight excluding hydrogens is 438 g/mol. The van der Waals surface area contributed by atoms with E-state index in [9.17, 15) is 29.1 Å². The summed E-state index contributed by atoms with van der Waals surface area (Å²) in [6, 6.07) is 2.64. The van der Waals surface area contributed by atoms with Crippen molar-refractivity contribution in [1.82, 2.24) is 16.0 Å². The number of nitrogens with one attached hydrogen (secondary N) is 3. The van der Waals surface area contributed by atoms with Crippen LogP contribution >= 0.6 is 0 Å². The Bertz CT molecular complexity index is 848. The molecule has 33 heavy (non-hydrogen) atoms. The van der Waals surface area contributed by atoms with Crippen LogP contribution in [0.15, 0.2) is 30.3 Å². The van der Waals surface area contributed by atoms with E-state index in [1.54, 1.807) is 30.3 Å². The number of carboxylic acids is 1. The second-order valence-corrected chi connectivity index (χ2v) is 7.34. The van der Waals surface area contributed by atoms with Crippen molar-refractivity contribution in [2.75, 3.05) is 6.61 Å². The van der Waals surface area contributed by atoms with Gasteiger partial charge in [0.15, 0.2) is 0 Å². The van der Waals surface area contributed by atoms with Gasteiger partial charge in [-0.15, -0.1) is 0 Å². The molecule has 0 saturated carbocycles. The SMILES string of the molecule is CC(O)C(NC(=O)C(N)CC(N)=O)C(=O)NC(Cc1ccccc1)C(=O)NC(CO)C(=O)O. The maximum absolute atomic E-state index is 12.8. The molecule has 0 aliphatic heterocycles. The van der Waals surface area contributed by atoms with E-state index >= 15 is 0 Å². The molecule has 0 saturated heterocycles. The van der Waals surface area contributed by atoms with Crippen LogP contribution in [0.1, 0.15) is 18.9 Å². The van der Waals surface area contributed by atoms with Gasteiger partial charge in [0.1, 0.15) is 18.1 Å². The summed E-state index contributed by atoms with van der Waals surface area (Å²) in [6.45, 7) is 0.333. The van der Waals surface area contributed by atoms with Crippen LogP contribution in [0.4, 0.5) is 0 Å². The molecule has 0 aliphatic rings. The summed E-state index contributed by atoms with van der Waals surface area (Å²) in [6.07, 6.45) is -1.96. The van der Waals surface area contributed by atoms with Crippen molar-refractivity contribution in [2.45, 2.75) is 50.0 Å². The Hall–Kier alpha value is -3.55. The quantitative estimate of drug-likeness (QED) is 0.142. The lowest BCUT2D eigenvalue weighted by molar-refractivity contribution is -0.143. The summed E-state index contributed by atoms with van der Waals surface area (Å²) in [5.74, 6) is -5.11. The maximum Gasteiger partial charge on any atom is 0.328 e. The predicted octanol–water partition coefficient (Wildman–Crippen LogP) is -3.66. The second kappa shape index (κ2) is 13.1. The number of carbonyl (C=O) groups excluding carboxylic acids is 4. The molecule has 0 aliphatic carbocycles. The third-order valence-corrected chi connectivity index (χ3v) is 4.53. The van der Waals surface area contributed by atoms with Crippen LogP contribution in [-0.4, -0.2) is 81.8 Å². The average Bonchev–Trinajstić information content (AvgIpc) is 2.74. The number of primary amides is 1. The van der Waals surface area contributed by atoms with Gasteiger partial charge >= 0.3 is 5.97 Å². The van der Waals surface area contributed by atoms with Crippen LogP contribution in [0, 0.1) is 0 Å². The van der Waals surface area contributed by atoms with Crippen molar-refractivity contribution in [3.8, 4) is 0 Å². The van der Waals surface area contributed by atoms with Gasteiger partial charge in [0.25, 0.3) is 0 Å². The average molecular weight is 467 g/mol. The first-order chi connectivity index (χ1) is 15.5. The highest BCUT2D eigenvalue weighted by Gasteiger charge is 2.32. The van der Waals surface area contributed by atoms with Crippen LogP contribution in [0.25, 0.3) is 0 Å². The zero-order valence-corrected chi connectivity index (χ0v) is 17.9. The highest BCUT2D eigenvalue weighted by atomic mass is 16.4. The van der Waals surface area contributed by atoms with Crippen molar-refractivity contribution >= 4 is 29.6 Å². The molecule has 0 fully saturated rings. The Morgan fingerprint density at radius 1 is 0.939 bits per heavy atom. The lowest BCUT2D eigenvalue weighted by Gasteiger charge is -2.26. The van der Waals surface area contributed by atoms with E-state index in [1.807, 2.05) is 0 Å². The van der Waals surface area contributed by atoms with Gasteiger partial charge in [0, 0.05) is 6.42 Å². The Morgan fingerprint density at radius 3 is 2.00 bits per heavy atom. The molecule has 13 nitrogen and oxygen atoms in total. The summed E-state index contributed by atoms with van der Waals surface area (Å²) < 4.78 is 0. The minimum atomic E-state index is -1.60. The first-order valence-corrected chi connectivity index (χ1v) is 9.96. The van der Waals surface area contributed by atoms with Crippen molar-refractivity contribution < 1.29 is 39.3 Å². The summed E-state index contributed by atoms with van der Waals surface area (Å²) in [5.41, 5.74) is 11.2. The molecule has 5 atom stereocenters. The molecule has 1 aromatic rings. The van der Waals surface area contributed by atoms with Crippen LogP contribution in [-0.2, 0) is 30.4 Å². The van der Waals surface area contributed by atoms with Gasteiger partial charge in [0.05, 0.1) is 25.2 Å². The smallest absolute Gasteiger partial charge is 0.328 e. The molecule has 0 bridgehead atoms. The van der Waals surface area contributed by atoms with E-state index in [4.69, 9.17) is 21.7 Å². The summed E-state index contributed by atoms with van der Waals surface area (Å²) in [5, 5.41) is 34.9. The third kappa shape index (κ3) is 9.22. The van der Waals surface area contributed by atoms with E-state index in [0.29, 0.717) is 5.56 Å². The largest absolute Gasteiger partial charge is 0.480 e. The molecule has 0 aromatic heterocycles. The number of hydrogen-bond donors (Lipinski definition) is 8. The molecule has 4 amide bonds. The summed E-state index contributed by atoms with van der Waals surface area (Å²) in [7, 11) is 0. The van der Waals surface area contributed by atoms with Crippen LogP contribution < -0.4 is 27.4 Å². The number of rotatable bonds is 13. The lowest BCUT2D eigenvalue weighted by atomic mass is 10.0. The van der Waals surface area contributed by atoms with Crippen molar-refractivity contribution in [3.05, 3.63) is 35.9 Å². The monoisotopic (exact) mass is 467 g/mol. The molecule has 5 unspecified atom stereocenters. The number of amides is 4. The Kier molecular flexibility index (Phi) is 10.9. The first-order valence-electron chi connectivity index (χ1n) is 9.96. The van der Waals surface area contributed by atoms with Crippen LogP contribution in [0.3, 0.4) is 0 Å². The van der Waals surface area contributed by atoms with Gasteiger partial charge in [-0.1, -0.05) is 30.3 Å².